The van der Waals surface area contributed by atoms with Gasteiger partial charge in [-0.1, -0.05) is 6.92 Å². The third-order valence-corrected chi connectivity index (χ3v) is 3.24. The van der Waals surface area contributed by atoms with Crippen molar-refractivity contribution in [3.8, 4) is 0 Å². The molecule has 0 saturated carbocycles. The lowest BCUT2D eigenvalue weighted by atomic mass is 10.2. The Labute approximate surface area is 118 Å². The Kier molecular flexibility index (Phi) is 3.19. The van der Waals surface area contributed by atoms with Gasteiger partial charge in [0.05, 0.1) is 12.7 Å². The molecule has 0 unspecified atom stereocenters. The Morgan fingerprint density at radius 2 is 2.33 bits per heavy atom. The van der Waals surface area contributed by atoms with Gasteiger partial charge < -0.3 is 13.7 Å². The fraction of sp³-hybridized carbons (Fsp3) is 0.500. The topological polar surface area (TPSA) is 85.3 Å². The number of alkyl halides is 2. The van der Waals surface area contributed by atoms with Crippen LogP contribution in [0.5, 0.6) is 0 Å². The van der Waals surface area contributed by atoms with E-state index < -0.39 is 30.8 Å². The Hall–Kier alpha value is -2.32. The highest BCUT2D eigenvalue weighted by atomic mass is 19.3. The van der Waals surface area contributed by atoms with Gasteiger partial charge in [0.25, 0.3) is 11.8 Å². The van der Waals surface area contributed by atoms with Crippen LogP contribution in [0.1, 0.15) is 41.7 Å². The van der Waals surface area contributed by atoms with E-state index in [9.17, 15) is 13.6 Å². The summed E-state index contributed by atoms with van der Waals surface area (Å²) in [6.07, 6.45) is 2.18. The third kappa shape index (κ3) is 2.50. The Morgan fingerprint density at radius 3 is 2.95 bits per heavy atom. The quantitative estimate of drug-likeness (QED) is 0.859. The first-order valence-electron chi connectivity index (χ1n) is 6.40. The molecule has 3 rings (SSSR count). The second-order valence-electron chi connectivity index (χ2n) is 4.76. The Bertz CT molecular complexity index is 641. The van der Waals surface area contributed by atoms with Gasteiger partial charge in [-0.05, 0) is 0 Å². The molecule has 3 heterocycles. The molecule has 1 aliphatic heterocycles. The van der Waals surface area contributed by atoms with E-state index in [2.05, 4.69) is 15.2 Å². The standard InChI is InChI=1S/C12H12F2N4O3/c1-2-9-16-17-10(21-9)7-3-12(13,14)5-18(7)11(19)8-4-15-6-20-8/h4,6-7H,2-3,5H2,1H3/t7-/m0/s1. The number of oxazole rings is 1. The van der Waals surface area contributed by atoms with Crippen molar-refractivity contribution in [2.24, 2.45) is 0 Å². The molecule has 1 fully saturated rings. The monoisotopic (exact) mass is 298 g/mol. The van der Waals surface area contributed by atoms with E-state index in [1.807, 2.05) is 0 Å². The predicted octanol–water partition coefficient (Wildman–Crippen LogP) is 1.84. The van der Waals surface area contributed by atoms with Crippen LogP contribution in [-0.2, 0) is 6.42 Å². The van der Waals surface area contributed by atoms with Crippen LogP contribution in [0.3, 0.4) is 0 Å². The first-order chi connectivity index (χ1) is 10.00. The minimum absolute atomic E-state index is 0.0110. The summed E-state index contributed by atoms with van der Waals surface area (Å²) in [7, 11) is 0. The van der Waals surface area contributed by atoms with Crippen molar-refractivity contribution < 1.29 is 22.4 Å². The average molecular weight is 298 g/mol. The summed E-state index contributed by atoms with van der Waals surface area (Å²) >= 11 is 0. The zero-order chi connectivity index (χ0) is 15.0. The summed E-state index contributed by atoms with van der Waals surface area (Å²) in [4.78, 5) is 16.8. The molecule has 1 atom stereocenters. The fourth-order valence-corrected chi connectivity index (χ4v) is 2.26. The molecule has 1 aliphatic rings. The highest BCUT2D eigenvalue weighted by molar-refractivity contribution is 5.91. The van der Waals surface area contributed by atoms with Crippen molar-refractivity contribution in [2.75, 3.05) is 6.54 Å². The first-order valence-corrected chi connectivity index (χ1v) is 6.40. The van der Waals surface area contributed by atoms with Gasteiger partial charge in [0.2, 0.25) is 17.5 Å². The van der Waals surface area contributed by atoms with Gasteiger partial charge in [-0.2, -0.15) is 0 Å². The Balaban J connectivity index is 1.91. The molecule has 0 aromatic carbocycles. The number of aromatic nitrogens is 3. The first kappa shape index (κ1) is 13.7. The van der Waals surface area contributed by atoms with Gasteiger partial charge in [-0.15, -0.1) is 10.2 Å². The van der Waals surface area contributed by atoms with Crippen molar-refractivity contribution in [3.05, 3.63) is 30.1 Å². The van der Waals surface area contributed by atoms with Crippen molar-refractivity contribution in [1.82, 2.24) is 20.1 Å². The van der Waals surface area contributed by atoms with E-state index in [1.165, 1.54) is 6.20 Å². The zero-order valence-corrected chi connectivity index (χ0v) is 11.1. The molecule has 0 N–H and O–H groups in total. The highest BCUT2D eigenvalue weighted by Gasteiger charge is 2.50. The number of carbonyl (C=O) groups excluding carboxylic acids is 1. The largest absolute Gasteiger partial charge is 0.438 e. The van der Waals surface area contributed by atoms with Crippen molar-refractivity contribution in [2.45, 2.75) is 31.7 Å². The number of aryl methyl sites for hydroxylation is 1. The van der Waals surface area contributed by atoms with Gasteiger partial charge in [0.15, 0.2) is 6.39 Å². The number of nitrogens with zero attached hydrogens (tertiary/aromatic N) is 4. The molecule has 1 saturated heterocycles. The van der Waals surface area contributed by atoms with E-state index in [-0.39, 0.29) is 11.7 Å². The molecule has 0 radical (unpaired) electrons. The van der Waals surface area contributed by atoms with E-state index in [0.29, 0.717) is 12.3 Å². The van der Waals surface area contributed by atoms with Crippen LogP contribution in [-0.4, -0.2) is 38.5 Å². The number of rotatable bonds is 3. The molecule has 0 aliphatic carbocycles. The van der Waals surface area contributed by atoms with Crippen LogP contribution in [0, 0.1) is 0 Å². The van der Waals surface area contributed by atoms with Crippen LogP contribution < -0.4 is 0 Å². The lowest BCUT2D eigenvalue weighted by Gasteiger charge is -2.19. The van der Waals surface area contributed by atoms with E-state index in [1.54, 1.807) is 6.92 Å². The maximum absolute atomic E-state index is 13.7. The number of halogens is 2. The summed E-state index contributed by atoms with van der Waals surface area (Å²) in [5.74, 6) is -3.44. The molecule has 112 valence electrons. The second-order valence-corrected chi connectivity index (χ2v) is 4.76. The smallest absolute Gasteiger partial charge is 0.292 e. The third-order valence-electron chi connectivity index (χ3n) is 3.24. The molecule has 0 bridgehead atoms. The molecule has 1 amide bonds. The van der Waals surface area contributed by atoms with Crippen molar-refractivity contribution in [3.63, 3.8) is 0 Å². The van der Waals surface area contributed by atoms with Crippen LogP contribution in [0.25, 0.3) is 0 Å². The molecule has 2 aromatic heterocycles. The van der Waals surface area contributed by atoms with E-state index >= 15 is 0 Å². The summed E-state index contributed by atoms with van der Waals surface area (Å²) in [6.45, 7) is 1.08. The fourth-order valence-electron chi connectivity index (χ4n) is 2.26. The van der Waals surface area contributed by atoms with Crippen molar-refractivity contribution in [1.29, 1.82) is 0 Å². The van der Waals surface area contributed by atoms with Gasteiger partial charge in [0, 0.05) is 12.8 Å². The lowest BCUT2D eigenvalue weighted by Crippen LogP contribution is -2.32. The normalized spacial score (nSPS) is 20.9. The van der Waals surface area contributed by atoms with Gasteiger partial charge in [-0.3, -0.25) is 4.79 Å². The van der Waals surface area contributed by atoms with Gasteiger partial charge in [-0.25, -0.2) is 13.8 Å². The molecular weight excluding hydrogens is 286 g/mol. The molecule has 2 aromatic rings. The van der Waals surface area contributed by atoms with E-state index in [0.717, 1.165) is 11.3 Å². The van der Waals surface area contributed by atoms with Gasteiger partial charge >= 0.3 is 0 Å². The second kappa shape index (κ2) is 4.90. The molecular formula is C12H12F2N4O3. The maximum Gasteiger partial charge on any atom is 0.292 e. The zero-order valence-electron chi connectivity index (χ0n) is 11.1. The summed E-state index contributed by atoms with van der Waals surface area (Å²) in [5.41, 5.74) is 0. The van der Waals surface area contributed by atoms with E-state index in [4.69, 9.17) is 8.83 Å². The predicted molar refractivity (Wildman–Crippen MR) is 63.5 cm³/mol. The van der Waals surface area contributed by atoms with Crippen LogP contribution >= 0.6 is 0 Å². The molecule has 9 heteroatoms. The number of hydrogen-bond acceptors (Lipinski definition) is 6. The summed E-state index contributed by atoms with van der Waals surface area (Å²) < 4.78 is 37.6. The Morgan fingerprint density at radius 1 is 1.52 bits per heavy atom. The minimum atomic E-state index is -3.01. The summed E-state index contributed by atoms with van der Waals surface area (Å²) in [5, 5.41) is 7.51. The lowest BCUT2D eigenvalue weighted by molar-refractivity contribution is 0.0113. The maximum atomic E-state index is 13.7. The summed E-state index contributed by atoms with van der Waals surface area (Å²) in [6, 6.07) is -0.967. The van der Waals surface area contributed by atoms with Crippen LogP contribution in [0.15, 0.2) is 21.4 Å². The SMILES string of the molecule is CCc1nnc([C@@H]2CC(F)(F)CN2C(=O)c2cnco2)o1. The average Bonchev–Trinajstić information content (AvgIpc) is 3.16. The number of carbonyl (C=O) groups is 1. The number of likely N-dealkylation sites (tertiary alicyclic amines) is 1. The van der Waals surface area contributed by atoms with Crippen molar-refractivity contribution >= 4 is 5.91 Å². The number of hydrogen-bond donors (Lipinski definition) is 0. The minimum Gasteiger partial charge on any atom is -0.438 e. The molecule has 0 spiro atoms. The highest BCUT2D eigenvalue weighted by Crippen LogP contribution is 2.41. The van der Waals surface area contributed by atoms with Crippen LogP contribution in [0.2, 0.25) is 0 Å². The molecule has 21 heavy (non-hydrogen) atoms. The van der Waals surface area contributed by atoms with Crippen LogP contribution in [0.4, 0.5) is 8.78 Å². The van der Waals surface area contributed by atoms with Gasteiger partial charge in [0.1, 0.15) is 6.04 Å². The molecule has 7 nitrogen and oxygen atoms in total. The number of amides is 1.